The van der Waals surface area contributed by atoms with Crippen molar-refractivity contribution in [2.45, 2.75) is 57.9 Å². The zero-order valence-electron chi connectivity index (χ0n) is 17.9. The van der Waals surface area contributed by atoms with Gasteiger partial charge in [0.05, 0.1) is 30.5 Å². The Morgan fingerprint density at radius 3 is 2.73 bits per heavy atom. The molecule has 162 valence electrons. The maximum Gasteiger partial charge on any atom is 0.239 e. The Labute approximate surface area is 178 Å². The summed E-state index contributed by atoms with van der Waals surface area (Å²) in [4.78, 5) is 16.1. The summed E-state index contributed by atoms with van der Waals surface area (Å²) >= 11 is 0. The standard InChI is InChI=1S/C23H33N5O2/c1-16-14-28(15-27-16)21-11-9-18(12-22(21)30-2)19(24)13-26-20(23(25)29)10-8-17-6-4-3-5-7-17/h9,11-15,17,20,26H,3-8,10,24H2,1-2H3,(H2,25,29)/b19-13-. The van der Waals surface area contributed by atoms with Crippen LogP contribution in [0.2, 0.25) is 0 Å². The molecule has 0 bridgehead atoms. The average Bonchev–Trinajstić information content (AvgIpc) is 3.19. The molecule has 1 amide bonds. The average molecular weight is 412 g/mol. The number of carbonyl (C=O) groups excluding carboxylic acids is 1. The number of nitrogens with two attached hydrogens (primary N) is 2. The minimum atomic E-state index is -0.416. The summed E-state index contributed by atoms with van der Waals surface area (Å²) in [5.41, 5.74) is 15.0. The van der Waals surface area contributed by atoms with Crippen LogP contribution in [0.4, 0.5) is 0 Å². The van der Waals surface area contributed by atoms with Gasteiger partial charge in [-0.15, -0.1) is 0 Å². The summed E-state index contributed by atoms with van der Waals surface area (Å²) in [6.45, 7) is 1.94. The van der Waals surface area contributed by atoms with Crippen LogP contribution in [0.25, 0.3) is 11.4 Å². The first kappa shape index (κ1) is 21.7. The number of benzene rings is 1. The quantitative estimate of drug-likeness (QED) is 0.587. The second-order valence-corrected chi connectivity index (χ2v) is 8.11. The number of aromatic nitrogens is 2. The molecule has 1 aliphatic carbocycles. The highest BCUT2D eigenvalue weighted by Crippen LogP contribution is 2.28. The Bertz CT molecular complexity index is 883. The molecule has 1 fully saturated rings. The Morgan fingerprint density at radius 1 is 1.33 bits per heavy atom. The molecule has 1 aliphatic rings. The summed E-state index contributed by atoms with van der Waals surface area (Å²) in [6.07, 6.45) is 13.5. The van der Waals surface area contributed by atoms with E-state index in [0.717, 1.165) is 29.8 Å². The molecule has 0 aliphatic heterocycles. The van der Waals surface area contributed by atoms with Crippen molar-refractivity contribution in [3.63, 3.8) is 0 Å². The third-order valence-electron chi connectivity index (χ3n) is 5.87. The van der Waals surface area contributed by atoms with Crippen molar-refractivity contribution in [3.05, 3.63) is 48.2 Å². The van der Waals surface area contributed by atoms with Gasteiger partial charge in [0.15, 0.2) is 0 Å². The second-order valence-electron chi connectivity index (χ2n) is 8.11. The maximum atomic E-state index is 11.9. The van der Waals surface area contributed by atoms with Gasteiger partial charge in [-0.3, -0.25) is 4.79 Å². The first-order valence-electron chi connectivity index (χ1n) is 10.7. The normalized spacial score (nSPS) is 16.3. The summed E-state index contributed by atoms with van der Waals surface area (Å²) in [5, 5.41) is 3.13. The predicted molar refractivity (Wildman–Crippen MR) is 119 cm³/mol. The van der Waals surface area contributed by atoms with Crippen LogP contribution in [0.15, 0.2) is 36.9 Å². The van der Waals surface area contributed by atoms with Crippen molar-refractivity contribution in [3.8, 4) is 11.4 Å². The van der Waals surface area contributed by atoms with Crippen molar-refractivity contribution in [1.29, 1.82) is 0 Å². The maximum absolute atomic E-state index is 11.9. The first-order chi connectivity index (χ1) is 14.5. The highest BCUT2D eigenvalue weighted by Gasteiger charge is 2.19. The van der Waals surface area contributed by atoms with E-state index in [0.29, 0.717) is 17.4 Å². The number of imidazole rings is 1. The molecule has 7 nitrogen and oxygen atoms in total. The summed E-state index contributed by atoms with van der Waals surface area (Å²) in [7, 11) is 1.62. The lowest BCUT2D eigenvalue weighted by Gasteiger charge is -2.23. The molecular weight excluding hydrogens is 378 g/mol. The van der Waals surface area contributed by atoms with E-state index in [2.05, 4.69) is 10.3 Å². The number of carbonyl (C=O) groups is 1. The van der Waals surface area contributed by atoms with E-state index in [1.54, 1.807) is 19.6 Å². The molecule has 1 heterocycles. The molecule has 1 aromatic heterocycles. The highest BCUT2D eigenvalue weighted by atomic mass is 16.5. The molecule has 0 spiro atoms. The third kappa shape index (κ3) is 5.55. The van der Waals surface area contributed by atoms with Gasteiger partial charge in [-0.2, -0.15) is 0 Å². The van der Waals surface area contributed by atoms with Gasteiger partial charge >= 0.3 is 0 Å². The van der Waals surface area contributed by atoms with Crippen LogP contribution in [-0.4, -0.2) is 28.6 Å². The minimum Gasteiger partial charge on any atom is -0.495 e. The molecule has 3 rings (SSSR count). The van der Waals surface area contributed by atoms with E-state index in [1.807, 2.05) is 35.9 Å². The number of hydrogen-bond acceptors (Lipinski definition) is 5. The number of nitrogens with one attached hydrogen (secondary N) is 1. The van der Waals surface area contributed by atoms with Gasteiger partial charge in [-0.1, -0.05) is 38.2 Å². The number of aryl methyl sites for hydroxylation is 1. The largest absolute Gasteiger partial charge is 0.495 e. The number of primary amides is 1. The number of hydrogen-bond donors (Lipinski definition) is 3. The van der Waals surface area contributed by atoms with Crippen LogP contribution in [0, 0.1) is 12.8 Å². The van der Waals surface area contributed by atoms with Crippen molar-refractivity contribution < 1.29 is 9.53 Å². The third-order valence-corrected chi connectivity index (χ3v) is 5.87. The van der Waals surface area contributed by atoms with Crippen LogP contribution in [0.1, 0.15) is 56.2 Å². The molecule has 1 saturated carbocycles. The lowest BCUT2D eigenvalue weighted by atomic mass is 9.85. The van der Waals surface area contributed by atoms with E-state index in [1.165, 1.54) is 32.1 Å². The molecule has 2 aromatic rings. The van der Waals surface area contributed by atoms with E-state index < -0.39 is 6.04 Å². The van der Waals surface area contributed by atoms with Crippen LogP contribution >= 0.6 is 0 Å². The van der Waals surface area contributed by atoms with E-state index in [9.17, 15) is 4.79 Å². The Balaban J connectivity index is 1.67. The summed E-state index contributed by atoms with van der Waals surface area (Å²) in [6, 6.07) is 5.31. The molecular formula is C23H33N5O2. The molecule has 5 N–H and O–H groups in total. The Hall–Kier alpha value is -2.96. The van der Waals surface area contributed by atoms with Gasteiger partial charge in [-0.25, -0.2) is 4.98 Å². The van der Waals surface area contributed by atoms with Gasteiger partial charge in [0.1, 0.15) is 11.8 Å². The Morgan fingerprint density at radius 2 is 2.10 bits per heavy atom. The van der Waals surface area contributed by atoms with Crippen molar-refractivity contribution in [1.82, 2.24) is 14.9 Å². The van der Waals surface area contributed by atoms with Gasteiger partial charge in [0, 0.05) is 18.0 Å². The van der Waals surface area contributed by atoms with E-state index in [-0.39, 0.29) is 5.91 Å². The smallest absolute Gasteiger partial charge is 0.239 e. The first-order valence-corrected chi connectivity index (χ1v) is 10.7. The number of rotatable bonds is 9. The number of ether oxygens (including phenoxy) is 1. The summed E-state index contributed by atoms with van der Waals surface area (Å²) in [5.74, 6) is 1.04. The summed E-state index contributed by atoms with van der Waals surface area (Å²) < 4.78 is 7.45. The highest BCUT2D eigenvalue weighted by molar-refractivity contribution is 5.80. The SMILES string of the molecule is COc1cc(/C(N)=C/NC(CCC2CCCCC2)C(N)=O)ccc1-n1cnc(C)c1. The van der Waals surface area contributed by atoms with Crippen molar-refractivity contribution in [2.24, 2.45) is 17.4 Å². The van der Waals surface area contributed by atoms with Gasteiger partial charge in [-0.05, 0) is 37.8 Å². The lowest BCUT2D eigenvalue weighted by molar-refractivity contribution is -0.120. The number of nitrogens with zero attached hydrogens (tertiary/aromatic N) is 2. The van der Waals surface area contributed by atoms with Gasteiger partial charge in [0.2, 0.25) is 5.91 Å². The predicted octanol–water partition coefficient (Wildman–Crippen LogP) is 3.25. The fourth-order valence-corrected chi connectivity index (χ4v) is 4.08. The number of amides is 1. The molecule has 1 unspecified atom stereocenters. The van der Waals surface area contributed by atoms with Crippen LogP contribution < -0.4 is 21.5 Å². The topological polar surface area (TPSA) is 108 Å². The molecule has 30 heavy (non-hydrogen) atoms. The second kappa shape index (κ2) is 10.2. The molecule has 0 radical (unpaired) electrons. The zero-order valence-corrected chi connectivity index (χ0v) is 17.9. The fraction of sp³-hybridized carbons (Fsp3) is 0.478. The minimum absolute atomic E-state index is 0.349. The van der Waals surface area contributed by atoms with Crippen LogP contribution in [0.5, 0.6) is 5.75 Å². The molecule has 1 atom stereocenters. The van der Waals surface area contributed by atoms with E-state index >= 15 is 0 Å². The van der Waals surface area contributed by atoms with Crippen LogP contribution in [0.3, 0.4) is 0 Å². The monoisotopic (exact) mass is 411 g/mol. The zero-order chi connectivity index (χ0) is 21.5. The Kier molecular flexibility index (Phi) is 7.38. The van der Waals surface area contributed by atoms with Gasteiger partial charge in [0.25, 0.3) is 0 Å². The molecule has 0 saturated heterocycles. The van der Waals surface area contributed by atoms with Crippen molar-refractivity contribution >= 4 is 11.6 Å². The molecule has 1 aromatic carbocycles. The van der Waals surface area contributed by atoms with Gasteiger partial charge < -0.3 is 26.1 Å². The molecule has 7 heteroatoms. The lowest BCUT2D eigenvalue weighted by Crippen LogP contribution is -2.39. The van der Waals surface area contributed by atoms with E-state index in [4.69, 9.17) is 16.2 Å². The number of methoxy groups -OCH3 is 1. The van der Waals surface area contributed by atoms with Crippen LogP contribution in [-0.2, 0) is 4.79 Å². The van der Waals surface area contributed by atoms with Crippen molar-refractivity contribution in [2.75, 3.05) is 7.11 Å². The fourth-order valence-electron chi connectivity index (χ4n) is 4.08.